The first kappa shape index (κ1) is 21.4. The Bertz CT molecular complexity index is 920. The number of fused-ring (bicyclic) bond motifs is 1. The summed E-state index contributed by atoms with van der Waals surface area (Å²) >= 11 is 0. The number of aryl methyl sites for hydroxylation is 1. The Balaban J connectivity index is 1.39. The van der Waals surface area contributed by atoms with E-state index in [0.717, 1.165) is 56.6 Å². The molecule has 0 bridgehead atoms. The first-order valence-corrected chi connectivity index (χ1v) is 11.1. The van der Waals surface area contributed by atoms with Gasteiger partial charge in [0, 0.05) is 12.1 Å². The Morgan fingerprint density at radius 2 is 1.90 bits per heavy atom. The fourth-order valence-corrected chi connectivity index (χ4v) is 4.54. The second kappa shape index (κ2) is 9.52. The lowest BCUT2D eigenvalue weighted by atomic mass is 9.74. The maximum Gasteiger partial charge on any atom is 0.411 e. The average Bonchev–Trinajstić information content (AvgIpc) is 2.80. The number of hydrogen-bond donors (Lipinski definition) is 1. The van der Waals surface area contributed by atoms with Crippen LogP contribution >= 0.6 is 0 Å². The third-order valence-electron chi connectivity index (χ3n) is 6.43. The number of nitrogens with zero attached hydrogens (tertiary/aromatic N) is 1. The van der Waals surface area contributed by atoms with Gasteiger partial charge in [-0.05, 0) is 69.0 Å². The smallest absolute Gasteiger partial charge is 0.411 e. The first-order valence-electron chi connectivity index (χ1n) is 11.1. The molecule has 31 heavy (non-hydrogen) atoms. The number of esters is 1. The van der Waals surface area contributed by atoms with E-state index in [1.807, 2.05) is 37.3 Å². The molecule has 0 atom stereocenters. The van der Waals surface area contributed by atoms with Crippen LogP contribution in [0, 0.1) is 5.41 Å². The Labute approximate surface area is 183 Å². The van der Waals surface area contributed by atoms with Gasteiger partial charge in [0.05, 0.1) is 17.7 Å². The lowest BCUT2D eigenvalue weighted by Crippen LogP contribution is -2.45. The van der Waals surface area contributed by atoms with E-state index in [1.165, 1.54) is 11.1 Å². The van der Waals surface area contributed by atoms with Crippen molar-refractivity contribution in [1.82, 2.24) is 4.90 Å². The van der Waals surface area contributed by atoms with Gasteiger partial charge in [0.15, 0.2) is 0 Å². The van der Waals surface area contributed by atoms with Gasteiger partial charge in [-0.1, -0.05) is 36.4 Å². The summed E-state index contributed by atoms with van der Waals surface area (Å²) in [6.07, 6.45) is 2.92. The van der Waals surface area contributed by atoms with Crippen molar-refractivity contribution in [3.63, 3.8) is 0 Å². The molecule has 1 fully saturated rings. The molecule has 0 aliphatic carbocycles. The van der Waals surface area contributed by atoms with Gasteiger partial charge in [-0.2, -0.15) is 0 Å². The third-order valence-corrected chi connectivity index (χ3v) is 6.43. The van der Waals surface area contributed by atoms with E-state index in [2.05, 4.69) is 28.4 Å². The Morgan fingerprint density at radius 1 is 1.13 bits per heavy atom. The highest BCUT2D eigenvalue weighted by Gasteiger charge is 2.42. The second-order valence-electron chi connectivity index (χ2n) is 8.46. The standard InChI is InChI=1S/C25H30N2O4/c1-2-30-23(28)25(11-10-19-6-4-3-5-7-19)12-14-27(15-13-25)17-20-8-9-22-21(16-20)18-31-24(29)26-22/h3-9,16H,2,10-15,17-18H2,1H3,(H,26,29). The van der Waals surface area contributed by atoms with Crippen LogP contribution < -0.4 is 5.32 Å². The van der Waals surface area contributed by atoms with E-state index in [-0.39, 0.29) is 5.97 Å². The zero-order valence-corrected chi connectivity index (χ0v) is 18.1. The molecule has 0 aromatic heterocycles. The number of cyclic esters (lactones) is 1. The molecule has 4 rings (SSSR count). The van der Waals surface area contributed by atoms with Crippen LogP contribution in [0.2, 0.25) is 0 Å². The van der Waals surface area contributed by atoms with Crippen molar-refractivity contribution in [2.75, 3.05) is 25.0 Å². The maximum absolute atomic E-state index is 12.9. The number of ether oxygens (including phenoxy) is 2. The fourth-order valence-electron chi connectivity index (χ4n) is 4.54. The molecule has 6 heteroatoms. The van der Waals surface area contributed by atoms with Crippen molar-refractivity contribution < 1.29 is 19.1 Å². The highest BCUT2D eigenvalue weighted by molar-refractivity contribution is 5.87. The van der Waals surface area contributed by atoms with Gasteiger partial charge in [-0.25, -0.2) is 4.79 Å². The van der Waals surface area contributed by atoms with Crippen LogP contribution in [0.1, 0.15) is 42.9 Å². The summed E-state index contributed by atoms with van der Waals surface area (Å²) in [5, 5.41) is 2.73. The van der Waals surface area contributed by atoms with Gasteiger partial charge >= 0.3 is 12.1 Å². The van der Waals surface area contributed by atoms with Gasteiger partial charge < -0.3 is 9.47 Å². The Kier molecular flexibility index (Phi) is 6.56. The van der Waals surface area contributed by atoms with Gasteiger partial charge in [0.1, 0.15) is 6.61 Å². The molecule has 2 heterocycles. The number of anilines is 1. The highest BCUT2D eigenvalue weighted by Crippen LogP contribution is 2.38. The summed E-state index contributed by atoms with van der Waals surface area (Å²) in [5.41, 5.74) is 3.86. The number of rotatable bonds is 7. The minimum atomic E-state index is -0.406. The number of carbonyl (C=O) groups excluding carboxylic acids is 2. The van der Waals surface area contributed by atoms with Gasteiger partial charge in [0.2, 0.25) is 0 Å². The molecule has 2 aliphatic rings. The van der Waals surface area contributed by atoms with Crippen molar-refractivity contribution in [3.05, 3.63) is 65.2 Å². The van der Waals surface area contributed by atoms with E-state index in [1.54, 1.807) is 0 Å². The molecule has 0 unspecified atom stereocenters. The normalized spacial score (nSPS) is 17.9. The van der Waals surface area contributed by atoms with Crippen LogP contribution in [0.5, 0.6) is 0 Å². The summed E-state index contributed by atoms with van der Waals surface area (Å²) in [7, 11) is 0. The Hall–Kier alpha value is -2.86. The van der Waals surface area contributed by atoms with E-state index in [9.17, 15) is 9.59 Å². The molecule has 6 nitrogen and oxygen atoms in total. The molecule has 0 radical (unpaired) electrons. The maximum atomic E-state index is 12.9. The van der Waals surface area contributed by atoms with E-state index in [4.69, 9.17) is 9.47 Å². The van der Waals surface area contributed by atoms with Crippen molar-refractivity contribution in [3.8, 4) is 0 Å². The molecule has 0 saturated carbocycles. The van der Waals surface area contributed by atoms with Crippen LogP contribution in [0.25, 0.3) is 0 Å². The lowest BCUT2D eigenvalue weighted by molar-refractivity contribution is -0.159. The zero-order chi connectivity index (χ0) is 21.7. The summed E-state index contributed by atoms with van der Waals surface area (Å²) < 4.78 is 10.6. The lowest BCUT2D eigenvalue weighted by Gasteiger charge is -2.40. The van der Waals surface area contributed by atoms with Crippen LogP contribution in [0.15, 0.2) is 48.5 Å². The third kappa shape index (κ3) is 5.07. The summed E-state index contributed by atoms with van der Waals surface area (Å²) in [4.78, 5) is 26.7. The van der Waals surface area contributed by atoms with E-state index >= 15 is 0 Å². The predicted octanol–water partition coefficient (Wildman–Crippen LogP) is 4.53. The highest BCUT2D eigenvalue weighted by atomic mass is 16.6. The number of likely N-dealkylation sites (tertiary alicyclic amines) is 1. The first-order chi connectivity index (χ1) is 15.1. The zero-order valence-electron chi connectivity index (χ0n) is 18.1. The number of carbonyl (C=O) groups is 2. The number of nitrogens with one attached hydrogen (secondary N) is 1. The average molecular weight is 423 g/mol. The van der Waals surface area contributed by atoms with Gasteiger partial charge in [-0.3, -0.25) is 15.0 Å². The number of piperidine rings is 1. The van der Waals surface area contributed by atoms with Crippen molar-refractivity contribution in [2.24, 2.45) is 5.41 Å². The van der Waals surface area contributed by atoms with Crippen molar-refractivity contribution >= 4 is 17.7 Å². The minimum Gasteiger partial charge on any atom is -0.466 e. The molecule has 2 aliphatic heterocycles. The second-order valence-corrected chi connectivity index (χ2v) is 8.46. The molecule has 2 aromatic rings. The largest absolute Gasteiger partial charge is 0.466 e. The monoisotopic (exact) mass is 422 g/mol. The molecule has 164 valence electrons. The minimum absolute atomic E-state index is 0.0488. The SMILES string of the molecule is CCOC(=O)C1(CCc2ccccc2)CCN(Cc2ccc3c(c2)COC(=O)N3)CC1. The summed E-state index contributed by atoms with van der Waals surface area (Å²) in [6.45, 7) is 5.14. The van der Waals surface area contributed by atoms with E-state index in [0.29, 0.717) is 13.2 Å². The van der Waals surface area contributed by atoms with Gasteiger partial charge in [-0.15, -0.1) is 0 Å². The quantitative estimate of drug-likeness (QED) is 0.664. The molecule has 1 amide bonds. The fraction of sp³-hybridized carbons (Fsp3) is 0.440. The molecular weight excluding hydrogens is 392 g/mol. The van der Waals surface area contributed by atoms with Crippen LogP contribution in [0.3, 0.4) is 0 Å². The molecular formula is C25H30N2O4. The van der Waals surface area contributed by atoms with Crippen LogP contribution in [-0.2, 0) is 33.8 Å². The Morgan fingerprint density at radius 3 is 2.65 bits per heavy atom. The molecule has 0 spiro atoms. The van der Waals surface area contributed by atoms with Crippen LogP contribution in [-0.4, -0.2) is 36.7 Å². The van der Waals surface area contributed by atoms with Gasteiger partial charge in [0.25, 0.3) is 0 Å². The summed E-state index contributed by atoms with van der Waals surface area (Å²) in [5.74, 6) is -0.0488. The number of benzene rings is 2. The van der Waals surface area contributed by atoms with Crippen molar-refractivity contribution in [1.29, 1.82) is 0 Å². The number of amides is 1. The van der Waals surface area contributed by atoms with Crippen molar-refractivity contribution in [2.45, 2.75) is 45.8 Å². The van der Waals surface area contributed by atoms with Crippen LogP contribution in [0.4, 0.5) is 10.5 Å². The number of hydrogen-bond acceptors (Lipinski definition) is 5. The summed E-state index contributed by atoms with van der Waals surface area (Å²) in [6, 6.07) is 16.4. The molecule has 2 aromatic carbocycles. The predicted molar refractivity (Wildman–Crippen MR) is 119 cm³/mol. The van der Waals surface area contributed by atoms with E-state index < -0.39 is 11.5 Å². The topological polar surface area (TPSA) is 67.9 Å². The molecule has 1 saturated heterocycles. The molecule has 1 N–H and O–H groups in total.